The van der Waals surface area contributed by atoms with Crippen LogP contribution in [-0.2, 0) is 25.5 Å². The van der Waals surface area contributed by atoms with E-state index in [2.05, 4.69) is 0 Å². The number of benzene rings is 1. The Kier molecular flexibility index (Phi) is 6.13. The second-order valence-electron chi connectivity index (χ2n) is 4.52. The van der Waals surface area contributed by atoms with Gasteiger partial charge in [0.15, 0.2) is 6.29 Å². The predicted octanol–water partition coefficient (Wildman–Crippen LogP) is 1.40. The lowest BCUT2D eigenvalue weighted by Crippen LogP contribution is -2.21. The summed E-state index contributed by atoms with van der Waals surface area (Å²) in [7, 11) is 2.82. The van der Waals surface area contributed by atoms with Gasteiger partial charge in [-0.05, 0) is 24.1 Å². The number of phenols is 1. The number of carboxylic acid groups (broad SMARTS) is 2. The van der Waals surface area contributed by atoms with Crippen LogP contribution >= 0.6 is 0 Å². The predicted molar refractivity (Wildman–Crippen MR) is 71.9 cm³/mol. The Balaban J connectivity index is 3.10. The molecular formula is C14H18O7. The lowest BCUT2D eigenvalue weighted by molar-refractivity contribution is -0.148. The maximum atomic E-state index is 11.2. The van der Waals surface area contributed by atoms with Crippen molar-refractivity contribution in [3.8, 4) is 5.75 Å². The molecule has 3 N–H and O–H groups in total. The summed E-state index contributed by atoms with van der Waals surface area (Å²) >= 11 is 0. The van der Waals surface area contributed by atoms with Crippen molar-refractivity contribution >= 4 is 11.9 Å². The minimum atomic E-state index is -1.19. The second-order valence-corrected chi connectivity index (χ2v) is 4.52. The molecule has 116 valence electrons. The van der Waals surface area contributed by atoms with E-state index in [1.165, 1.54) is 32.4 Å². The highest BCUT2D eigenvalue weighted by molar-refractivity contribution is 5.78. The lowest BCUT2D eigenvalue weighted by Gasteiger charge is -2.19. The Labute approximate surface area is 121 Å². The van der Waals surface area contributed by atoms with Crippen molar-refractivity contribution in [2.45, 2.75) is 19.1 Å². The average Bonchev–Trinajstić information content (AvgIpc) is 2.41. The van der Waals surface area contributed by atoms with Gasteiger partial charge < -0.3 is 24.8 Å². The van der Waals surface area contributed by atoms with Crippen LogP contribution in [0.5, 0.6) is 5.75 Å². The fourth-order valence-electron chi connectivity index (χ4n) is 2.06. The van der Waals surface area contributed by atoms with E-state index in [1.54, 1.807) is 0 Å². The number of ether oxygens (including phenoxy) is 2. The summed E-state index contributed by atoms with van der Waals surface area (Å²) in [5, 5.41) is 27.4. The summed E-state index contributed by atoms with van der Waals surface area (Å²) in [6, 6.07) is 4.35. The third kappa shape index (κ3) is 4.73. The first-order valence-electron chi connectivity index (χ1n) is 6.21. The maximum absolute atomic E-state index is 11.2. The van der Waals surface area contributed by atoms with Crippen LogP contribution in [0.3, 0.4) is 0 Å². The van der Waals surface area contributed by atoms with Crippen molar-refractivity contribution < 1.29 is 34.4 Å². The highest BCUT2D eigenvalue weighted by Gasteiger charge is 2.24. The highest BCUT2D eigenvalue weighted by Crippen LogP contribution is 2.28. The Hall–Kier alpha value is -2.12. The van der Waals surface area contributed by atoms with Crippen LogP contribution in [0.2, 0.25) is 0 Å². The van der Waals surface area contributed by atoms with Gasteiger partial charge in [-0.3, -0.25) is 9.59 Å². The summed E-state index contributed by atoms with van der Waals surface area (Å²) in [4.78, 5) is 21.9. The maximum Gasteiger partial charge on any atom is 0.307 e. The monoisotopic (exact) mass is 298 g/mol. The fraction of sp³-hybridized carbons (Fsp3) is 0.429. The molecule has 0 aliphatic carbocycles. The summed E-state index contributed by atoms with van der Waals surface area (Å²) in [6.45, 7) is 0. The summed E-state index contributed by atoms with van der Waals surface area (Å²) < 4.78 is 10.2. The standard InChI is InChI=1S/C14H18O7/c1-20-14(21-2)11-7-10(15)4-3-8(11)5-9(13(18)19)6-12(16)17/h3-4,7,9,14-15H,5-6H2,1-2H3,(H,16,17)(H,18,19)/t9-/m1/s1. The van der Waals surface area contributed by atoms with Gasteiger partial charge in [0.2, 0.25) is 0 Å². The number of methoxy groups -OCH3 is 2. The quantitative estimate of drug-likeness (QED) is 0.622. The minimum absolute atomic E-state index is 0.000463. The highest BCUT2D eigenvalue weighted by atomic mass is 16.7. The van der Waals surface area contributed by atoms with E-state index < -0.39 is 30.6 Å². The molecule has 0 radical (unpaired) electrons. The number of aliphatic carboxylic acids is 2. The molecule has 1 aromatic carbocycles. The molecule has 1 aromatic rings. The molecule has 0 saturated heterocycles. The Bertz CT molecular complexity index is 508. The van der Waals surface area contributed by atoms with Gasteiger partial charge in [0.1, 0.15) is 5.75 Å². The third-order valence-corrected chi connectivity index (χ3v) is 3.05. The van der Waals surface area contributed by atoms with Crippen molar-refractivity contribution in [2.24, 2.45) is 5.92 Å². The van der Waals surface area contributed by atoms with Gasteiger partial charge in [-0.25, -0.2) is 0 Å². The van der Waals surface area contributed by atoms with Crippen molar-refractivity contribution in [1.82, 2.24) is 0 Å². The summed E-state index contributed by atoms with van der Waals surface area (Å²) in [6.07, 6.45) is -1.26. The molecule has 1 rings (SSSR count). The molecule has 0 heterocycles. The van der Waals surface area contributed by atoms with Gasteiger partial charge in [0.25, 0.3) is 0 Å². The van der Waals surface area contributed by atoms with Crippen LogP contribution < -0.4 is 0 Å². The first kappa shape index (κ1) is 16.9. The van der Waals surface area contributed by atoms with Crippen molar-refractivity contribution in [1.29, 1.82) is 0 Å². The van der Waals surface area contributed by atoms with Crippen LogP contribution in [0.15, 0.2) is 18.2 Å². The molecule has 1 atom stereocenters. The van der Waals surface area contributed by atoms with Gasteiger partial charge in [0.05, 0.1) is 12.3 Å². The second kappa shape index (κ2) is 7.61. The van der Waals surface area contributed by atoms with E-state index in [0.29, 0.717) is 11.1 Å². The first-order chi connectivity index (χ1) is 9.88. The Morgan fingerprint density at radius 2 is 1.81 bits per heavy atom. The number of phenolic OH excluding ortho intramolecular Hbond substituents is 1. The normalized spacial score (nSPS) is 12.3. The molecule has 0 bridgehead atoms. The molecule has 0 saturated carbocycles. The molecule has 0 aromatic heterocycles. The fourth-order valence-corrected chi connectivity index (χ4v) is 2.06. The van der Waals surface area contributed by atoms with E-state index in [1.807, 2.05) is 0 Å². The largest absolute Gasteiger partial charge is 0.508 e. The molecule has 0 spiro atoms. The van der Waals surface area contributed by atoms with Crippen LogP contribution in [0, 0.1) is 5.92 Å². The summed E-state index contributed by atoms with van der Waals surface area (Å²) in [5.41, 5.74) is 1.02. The van der Waals surface area contributed by atoms with Crippen LogP contribution in [0.1, 0.15) is 23.8 Å². The first-order valence-corrected chi connectivity index (χ1v) is 6.21. The molecular weight excluding hydrogens is 280 g/mol. The number of carbonyl (C=O) groups is 2. The van der Waals surface area contributed by atoms with Crippen molar-refractivity contribution in [2.75, 3.05) is 14.2 Å². The molecule has 0 aliphatic rings. The zero-order chi connectivity index (χ0) is 16.0. The van der Waals surface area contributed by atoms with E-state index in [4.69, 9.17) is 19.7 Å². The van der Waals surface area contributed by atoms with Gasteiger partial charge in [-0.2, -0.15) is 0 Å². The van der Waals surface area contributed by atoms with E-state index in [0.717, 1.165) is 0 Å². The third-order valence-electron chi connectivity index (χ3n) is 3.05. The number of hydrogen-bond acceptors (Lipinski definition) is 5. The van der Waals surface area contributed by atoms with E-state index >= 15 is 0 Å². The van der Waals surface area contributed by atoms with E-state index in [-0.39, 0.29) is 12.2 Å². The summed E-state index contributed by atoms with van der Waals surface area (Å²) in [5.74, 6) is -3.46. The Morgan fingerprint density at radius 1 is 1.19 bits per heavy atom. The molecule has 0 aliphatic heterocycles. The lowest BCUT2D eigenvalue weighted by atomic mass is 9.93. The number of hydrogen-bond donors (Lipinski definition) is 3. The van der Waals surface area contributed by atoms with Crippen LogP contribution in [0.4, 0.5) is 0 Å². The zero-order valence-corrected chi connectivity index (χ0v) is 11.8. The molecule has 21 heavy (non-hydrogen) atoms. The average molecular weight is 298 g/mol. The van der Waals surface area contributed by atoms with Gasteiger partial charge in [-0.1, -0.05) is 6.07 Å². The van der Waals surface area contributed by atoms with Crippen molar-refractivity contribution in [3.63, 3.8) is 0 Å². The van der Waals surface area contributed by atoms with E-state index in [9.17, 15) is 14.7 Å². The number of rotatable bonds is 8. The molecule has 7 nitrogen and oxygen atoms in total. The molecule has 0 unspecified atom stereocenters. The van der Waals surface area contributed by atoms with Gasteiger partial charge >= 0.3 is 11.9 Å². The zero-order valence-electron chi connectivity index (χ0n) is 11.8. The Morgan fingerprint density at radius 3 is 2.29 bits per heavy atom. The molecule has 0 fully saturated rings. The van der Waals surface area contributed by atoms with Crippen LogP contribution in [-0.4, -0.2) is 41.5 Å². The van der Waals surface area contributed by atoms with Gasteiger partial charge in [0, 0.05) is 19.8 Å². The number of carboxylic acids is 2. The smallest absolute Gasteiger partial charge is 0.307 e. The van der Waals surface area contributed by atoms with Crippen LogP contribution in [0.25, 0.3) is 0 Å². The van der Waals surface area contributed by atoms with Crippen molar-refractivity contribution in [3.05, 3.63) is 29.3 Å². The number of aromatic hydroxyl groups is 1. The SMILES string of the molecule is COC(OC)c1cc(O)ccc1C[C@H](CC(=O)O)C(=O)O. The molecule has 7 heteroatoms. The molecule has 0 amide bonds. The minimum Gasteiger partial charge on any atom is -0.508 e. The topological polar surface area (TPSA) is 113 Å². The van der Waals surface area contributed by atoms with Gasteiger partial charge in [-0.15, -0.1) is 0 Å².